The van der Waals surface area contributed by atoms with Crippen molar-refractivity contribution < 1.29 is 9.53 Å². The summed E-state index contributed by atoms with van der Waals surface area (Å²) in [5.41, 5.74) is 3.79. The molecule has 7 heteroatoms. The third-order valence-electron chi connectivity index (χ3n) is 4.86. The second kappa shape index (κ2) is 7.60. The van der Waals surface area contributed by atoms with Gasteiger partial charge in [-0.1, -0.05) is 12.1 Å². The average molecular weight is 382 g/mol. The number of aromatic nitrogens is 3. The van der Waals surface area contributed by atoms with Gasteiger partial charge in [0.2, 0.25) is 5.91 Å². The molecule has 2 aromatic heterocycles. The molecule has 0 radical (unpaired) electrons. The number of likely N-dealkylation sites (tertiary alicyclic amines) is 1. The van der Waals surface area contributed by atoms with E-state index in [4.69, 9.17) is 9.72 Å². The Bertz CT molecular complexity index is 985. The lowest BCUT2D eigenvalue weighted by Crippen LogP contribution is -2.29. The van der Waals surface area contributed by atoms with Crippen LogP contribution < -0.4 is 4.74 Å². The number of hydrogen-bond acceptors (Lipinski definition) is 5. The number of amides is 1. The molecule has 1 saturated heterocycles. The summed E-state index contributed by atoms with van der Waals surface area (Å²) >= 11 is 1.61. The average Bonchev–Trinajstić information content (AvgIpc) is 3.26. The third kappa shape index (κ3) is 3.39. The zero-order valence-electron chi connectivity index (χ0n) is 15.5. The Labute approximate surface area is 162 Å². The Hall–Kier alpha value is -2.54. The maximum absolute atomic E-state index is 11.7. The van der Waals surface area contributed by atoms with E-state index in [2.05, 4.69) is 15.0 Å². The molecular weight excluding hydrogens is 360 g/mol. The molecule has 1 amide bonds. The van der Waals surface area contributed by atoms with Crippen molar-refractivity contribution >= 4 is 28.9 Å². The van der Waals surface area contributed by atoms with Crippen molar-refractivity contribution in [2.75, 3.05) is 26.0 Å². The van der Waals surface area contributed by atoms with Gasteiger partial charge in [0.15, 0.2) is 5.82 Å². The lowest BCUT2D eigenvalue weighted by Gasteiger charge is -2.17. The van der Waals surface area contributed by atoms with Gasteiger partial charge in [0.1, 0.15) is 18.1 Å². The maximum Gasteiger partial charge on any atom is 0.222 e. The standard InChI is InChI=1S/C20H22N4O2S/c1-14-17(26-13-12-23-11-5-8-18(23)25)9-10-21-19(14)20-22-15-6-3-4-7-16(15)24(20)27-2/h3-4,6-7,9-10H,5,8,11-13H2,1-2H3. The normalized spacial score (nSPS) is 14.3. The van der Waals surface area contributed by atoms with Gasteiger partial charge in [-0.05, 0) is 43.5 Å². The van der Waals surface area contributed by atoms with Gasteiger partial charge in [0, 0.05) is 31.0 Å². The topological polar surface area (TPSA) is 60.2 Å². The van der Waals surface area contributed by atoms with Crippen molar-refractivity contribution in [1.29, 1.82) is 0 Å². The number of ether oxygens (including phenoxy) is 1. The summed E-state index contributed by atoms with van der Waals surface area (Å²) in [4.78, 5) is 22.9. The fraction of sp³-hybridized carbons (Fsp3) is 0.350. The van der Waals surface area contributed by atoms with E-state index in [0.717, 1.165) is 46.8 Å². The molecule has 6 nitrogen and oxygen atoms in total. The van der Waals surface area contributed by atoms with E-state index in [0.29, 0.717) is 19.6 Å². The van der Waals surface area contributed by atoms with Gasteiger partial charge < -0.3 is 9.64 Å². The van der Waals surface area contributed by atoms with Crippen LogP contribution in [-0.4, -0.2) is 50.7 Å². The summed E-state index contributed by atoms with van der Waals surface area (Å²) in [6.07, 6.45) is 5.38. The Morgan fingerprint density at radius 1 is 1.26 bits per heavy atom. The fourth-order valence-electron chi connectivity index (χ4n) is 3.44. The van der Waals surface area contributed by atoms with Crippen LogP contribution in [0.15, 0.2) is 36.5 Å². The van der Waals surface area contributed by atoms with Gasteiger partial charge in [0.25, 0.3) is 0 Å². The van der Waals surface area contributed by atoms with Crippen LogP contribution >= 0.6 is 11.9 Å². The quantitative estimate of drug-likeness (QED) is 0.653. The first-order chi connectivity index (χ1) is 13.2. The number of nitrogens with zero attached hydrogens (tertiary/aromatic N) is 4. The van der Waals surface area contributed by atoms with Crippen LogP contribution in [-0.2, 0) is 4.79 Å². The van der Waals surface area contributed by atoms with Crippen molar-refractivity contribution in [2.45, 2.75) is 19.8 Å². The van der Waals surface area contributed by atoms with Crippen molar-refractivity contribution in [3.05, 3.63) is 42.1 Å². The highest BCUT2D eigenvalue weighted by Gasteiger charge is 2.20. The molecule has 4 rings (SSSR count). The minimum Gasteiger partial charge on any atom is -0.491 e. The number of benzene rings is 1. The highest BCUT2D eigenvalue weighted by Crippen LogP contribution is 2.32. The molecule has 1 fully saturated rings. The van der Waals surface area contributed by atoms with Crippen LogP contribution in [0.2, 0.25) is 0 Å². The largest absolute Gasteiger partial charge is 0.491 e. The van der Waals surface area contributed by atoms with E-state index in [1.54, 1.807) is 18.1 Å². The second-order valence-corrected chi connectivity index (χ2v) is 7.25. The molecule has 0 bridgehead atoms. The predicted octanol–water partition coefficient (Wildman–Crippen LogP) is 3.53. The Morgan fingerprint density at radius 3 is 2.89 bits per heavy atom. The number of imidazole rings is 1. The molecule has 1 aliphatic rings. The number of hydrogen-bond donors (Lipinski definition) is 0. The van der Waals surface area contributed by atoms with Crippen LogP contribution in [0, 0.1) is 6.92 Å². The molecule has 0 unspecified atom stereocenters. The molecule has 0 atom stereocenters. The molecule has 140 valence electrons. The van der Waals surface area contributed by atoms with E-state index in [9.17, 15) is 4.79 Å². The first kappa shape index (κ1) is 17.9. The van der Waals surface area contributed by atoms with Gasteiger partial charge in [0.05, 0.1) is 17.6 Å². The molecule has 0 spiro atoms. The van der Waals surface area contributed by atoms with Crippen LogP contribution in [0.1, 0.15) is 18.4 Å². The number of carbonyl (C=O) groups is 1. The van der Waals surface area contributed by atoms with Crippen LogP contribution in [0.5, 0.6) is 5.75 Å². The highest BCUT2D eigenvalue weighted by molar-refractivity contribution is 7.97. The van der Waals surface area contributed by atoms with Gasteiger partial charge >= 0.3 is 0 Å². The minimum absolute atomic E-state index is 0.222. The van der Waals surface area contributed by atoms with Crippen LogP contribution in [0.25, 0.3) is 22.6 Å². The molecule has 0 aliphatic carbocycles. The monoisotopic (exact) mass is 382 g/mol. The third-order valence-corrected chi connectivity index (χ3v) is 5.59. The van der Waals surface area contributed by atoms with E-state index < -0.39 is 0 Å². The zero-order valence-corrected chi connectivity index (χ0v) is 16.3. The smallest absolute Gasteiger partial charge is 0.222 e. The number of carbonyl (C=O) groups excluding carboxylic acids is 1. The summed E-state index contributed by atoms with van der Waals surface area (Å²) in [5, 5.41) is 0. The Morgan fingerprint density at radius 2 is 2.11 bits per heavy atom. The van der Waals surface area contributed by atoms with E-state index >= 15 is 0 Å². The van der Waals surface area contributed by atoms with Gasteiger partial charge in [-0.3, -0.25) is 13.8 Å². The predicted molar refractivity (Wildman–Crippen MR) is 108 cm³/mol. The van der Waals surface area contributed by atoms with E-state index in [1.807, 2.05) is 42.3 Å². The summed E-state index contributed by atoms with van der Waals surface area (Å²) in [6, 6.07) is 9.94. The van der Waals surface area contributed by atoms with Crippen molar-refractivity contribution in [3.63, 3.8) is 0 Å². The Kier molecular flexibility index (Phi) is 5.03. The van der Waals surface area contributed by atoms with Gasteiger partial charge in [-0.2, -0.15) is 0 Å². The summed E-state index contributed by atoms with van der Waals surface area (Å²) in [6.45, 7) is 3.94. The summed E-state index contributed by atoms with van der Waals surface area (Å²) in [5.74, 6) is 1.83. The Balaban J connectivity index is 1.59. The fourth-order valence-corrected chi connectivity index (χ4v) is 4.10. The van der Waals surface area contributed by atoms with Crippen LogP contribution in [0.3, 0.4) is 0 Å². The molecule has 1 aromatic carbocycles. The highest BCUT2D eigenvalue weighted by atomic mass is 32.2. The molecule has 1 aliphatic heterocycles. The number of fused-ring (bicyclic) bond motifs is 1. The molecule has 0 saturated carbocycles. The molecule has 0 N–H and O–H groups in total. The molecular formula is C20H22N4O2S. The lowest BCUT2D eigenvalue weighted by molar-refractivity contribution is -0.128. The SMILES string of the molecule is CSn1c(-c2nccc(OCCN3CCCC3=O)c2C)nc2ccccc21. The molecule has 27 heavy (non-hydrogen) atoms. The number of rotatable bonds is 6. The van der Waals surface area contributed by atoms with Crippen molar-refractivity contribution in [2.24, 2.45) is 0 Å². The number of pyridine rings is 1. The lowest BCUT2D eigenvalue weighted by atomic mass is 10.2. The zero-order chi connectivity index (χ0) is 18.8. The van der Waals surface area contributed by atoms with Gasteiger partial charge in [-0.25, -0.2) is 4.98 Å². The molecule has 3 heterocycles. The summed E-state index contributed by atoms with van der Waals surface area (Å²) < 4.78 is 8.07. The van der Waals surface area contributed by atoms with E-state index in [-0.39, 0.29) is 5.91 Å². The van der Waals surface area contributed by atoms with E-state index in [1.165, 1.54) is 0 Å². The van der Waals surface area contributed by atoms with Crippen LogP contribution in [0.4, 0.5) is 0 Å². The first-order valence-electron chi connectivity index (χ1n) is 9.07. The van der Waals surface area contributed by atoms with Gasteiger partial charge in [-0.15, -0.1) is 0 Å². The summed E-state index contributed by atoms with van der Waals surface area (Å²) in [7, 11) is 0. The number of para-hydroxylation sites is 2. The van der Waals surface area contributed by atoms with Crippen molar-refractivity contribution in [3.8, 4) is 17.3 Å². The van der Waals surface area contributed by atoms with Crippen molar-refractivity contribution in [1.82, 2.24) is 18.8 Å². The second-order valence-electron chi connectivity index (χ2n) is 6.52. The maximum atomic E-state index is 11.7. The minimum atomic E-state index is 0.222. The first-order valence-corrected chi connectivity index (χ1v) is 10.3. The molecule has 3 aromatic rings.